The third-order valence-electron chi connectivity index (χ3n) is 3.35. The Bertz CT molecular complexity index is 523. The maximum absolute atomic E-state index is 12.3. The third kappa shape index (κ3) is 4.85. The largest absolute Gasteiger partial charge is 0.395 e. The van der Waals surface area contributed by atoms with E-state index in [0.717, 1.165) is 29.7 Å². The van der Waals surface area contributed by atoms with E-state index < -0.39 is 0 Å². The summed E-state index contributed by atoms with van der Waals surface area (Å²) in [5, 5.41) is 10.7. The normalized spacial score (nSPS) is 17.9. The fraction of sp³-hybridized carbons (Fsp3) is 0.562. The van der Waals surface area contributed by atoms with Crippen LogP contribution in [0.4, 0.5) is 0 Å². The first-order valence-corrected chi connectivity index (χ1v) is 8.12. The summed E-state index contributed by atoms with van der Waals surface area (Å²) in [7, 11) is 1.81. The first kappa shape index (κ1) is 16.0. The van der Waals surface area contributed by atoms with Crippen LogP contribution in [-0.4, -0.2) is 42.3 Å². The molecule has 1 fully saturated rings. The van der Waals surface area contributed by atoms with E-state index in [1.807, 2.05) is 18.5 Å². The second-order valence-corrected chi connectivity index (χ2v) is 6.06. The molecule has 0 saturated carbocycles. The Morgan fingerprint density at radius 3 is 3.14 bits per heavy atom. The van der Waals surface area contributed by atoms with Crippen LogP contribution in [0.1, 0.15) is 36.1 Å². The molecule has 0 aliphatic carbocycles. The lowest BCUT2D eigenvalue weighted by atomic mass is 10.1. The Morgan fingerprint density at radius 1 is 1.57 bits per heavy atom. The van der Waals surface area contributed by atoms with Crippen molar-refractivity contribution in [2.45, 2.75) is 38.3 Å². The van der Waals surface area contributed by atoms with E-state index in [4.69, 9.17) is 9.84 Å². The monoisotopic (exact) mass is 307 g/mol. The Labute approximate surface area is 129 Å². The van der Waals surface area contributed by atoms with Gasteiger partial charge in [-0.25, -0.2) is 0 Å². The molecule has 1 amide bonds. The van der Waals surface area contributed by atoms with E-state index in [1.165, 1.54) is 0 Å². The van der Waals surface area contributed by atoms with Gasteiger partial charge in [0.2, 0.25) is 0 Å². The van der Waals surface area contributed by atoms with Crippen LogP contribution in [0.5, 0.6) is 0 Å². The van der Waals surface area contributed by atoms with E-state index in [9.17, 15) is 4.79 Å². The minimum Gasteiger partial charge on any atom is -0.395 e. The summed E-state index contributed by atoms with van der Waals surface area (Å²) in [5.74, 6) is 5.98. The molecule has 0 radical (unpaired) electrons. The van der Waals surface area contributed by atoms with Crippen LogP contribution in [0, 0.1) is 11.8 Å². The summed E-state index contributed by atoms with van der Waals surface area (Å²) >= 11 is 1.56. The fourth-order valence-corrected chi connectivity index (χ4v) is 3.03. The molecule has 1 atom stereocenters. The predicted molar refractivity (Wildman–Crippen MR) is 83.0 cm³/mol. The van der Waals surface area contributed by atoms with Gasteiger partial charge in [-0.05, 0) is 36.3 Å². The molecule has 1 saturated heterocycles. The van der Waals surface area contributed by atoms with Crippen molar-refractivity contribution in [3.05, 3.63) is 21.9 Å². The van der Waals surface area contributed by atoms with Gasteiger partial charge in [0.25, 0.3) is 5.91 Å². The highest BCUT2D eigenvalue weighted by atomic mass is 32.1. The predicted octanol–water partition coefficient (Wildman–Crippen LogP) is 2.01. The van der Waals surface area contributed by atoms with Crippen LogP contribution in [0.2, 0.25) is 0 Å². The average molecular weight is 307 g/mol. The lowest BCUT2D eigenvalue weighted by Gasteiger charge is -2.26. The molecular formula is C16H21NO3S. The SMILES string of the molecule is CN(Cc1csc(C#CCCO)c1)C(=O)C1CCCCO1. The number of aliphatic hydroxyl groups is 1. The highest BCUT2D eigenvalue weighted by Crippen LogP contribution is 2.18. The molecule has 1 N–H and O–H groups in total. The van der Waals surface area contributed by atoms with Crippen molar-refractivity contribution in [1.82, 2.24) is 4.90 Å². The van der Waals surface area contributed by atoms with Gasteiger partial charge in [0.1, 0.15) is 6.10 Å². The highest BCUT2D eigenvalue weighted by Gasteiger charge is 2.24. The van der Waals surface area contributed by atoms with Crippen molar-refractivity contribution < 1.29 is 14.6 Å². The molecule has 0 aromatic carbocycles. The van der Waals surface area contributed by atoms with E-state index in [0.29, 0.717) is 19.6 Å². The molecule has 21 heavy (non-hydrogen) atoms. The van der Waals surface area contributed by atoms with Crippen LogP contribution in [-0.2, 0) is 16.1 Å². The summed E-state index contributed by atoms with van der Waals surface area (Å²) in [6.07, 6.45) is 3.16. The number of nitrogens with zero attached hydrogens (tertiary/aromatic N) is 1. The molecule has 1 aliphatic rings. The number of amides is 1. The van der Waals surface area contributed by atoms with Crippen molar-refractivity contribution in [3.8, 4) is 11.8 Å². The molecular weight excluding hydrogens is 286 g/mol. The van der Waals surface area contributed by atoms with Crippen molar-refractivity contribution in [2.75, 3.05) is 20.3 Å². The maximum atomic E-state index is 12.3. The van der Waals surface area contributed by atoms with E-state index in [1.54, 1.807) is 16.2 Å². The van der Waals surface area contributed by atoms with Crippen LogP contribution < -0.4 is 0 Å². The number of carbonyl (C=O) groups excluding carboxylic acids is 1. The standard InChI is InChI=1S/C16H21NO3S/c1-17(16(19)15-7-3-5-9-20-15)11-13-10-14(21-12-13)6-2-4-8-18/h10,12,15,18H,3-5,7-9,11H2,1H3. The molecule has 1 aromatic rings. The highest BCUT2D eigenvalue weighted by molar-refractivity contribution is 7.10. The topological polar surface area (TPSA) is 49.8 Å². The summed E-state index contributed by atoms with van der Waals surface area (Å²) in [6.45, 7) is 1.36. The third-order valence-corrected chi connectivity index (χ3v) is 4.25. The van der Waals surface area contributed by atoms with E-state index in [2.05, 4.69) is 11.8 Å². The number of likely N-dealkylation sites (N-methyl/N-ethyl adjacent to an activating group) is 1. The first-order chi connectivity index (χ1) is 10.2. The van der Waals surface area contributed by atoms with Crippen LogP contribution in [0.25, 0.3) is 0 Å². The zero-order valence-corrected chi connectivity index (χ0v) is 13.1. The minimum absolute atomic E-state index is 0.0637. The zero-order chi connectivity index (χ0) is 15.1. The quantitative estimate of drug-likeness (QED) is 0.866. The van der Waals surface area contributed by atoms with Crippen LogP contribution >= 0.6 is 11.3 Å². The fourth-order valence-electron chi connectivity index (χ4n) is 2.26. The Kier molecular flexibility index (Phi) is 6.24. The zero-order valence-electron chi connectivity index (χ0n) is 12.3. The average Bonchev–Trinajstić information content (AvgIpc) is 2.95. The molecule has 1 aliphatic heterocycles. The summed E-state index contributed by atoms with van der Waals surface area (Å²) in [5.41, 5.74) is 1.08. The van der Waals surface area contributed by atoms with E-state index in [-0.39, 0.29) is 18.6 Å². The summed E-state index contributed by atoms with van der Waals surface area (Å²) in [4.78, 5) is 15.0. The van der Waals surface area contributed by atoms with Crippen molar-refractivity contribution in [3.63, 3.8) is 0 Å². The molecule has 0 spiro atoms. The minimum atomic E-state index is -0.272. The van der Waals surface area contributed by atoms with Gasteiger partial charge in [-0.1, -0.05) is 11.8 Å². The number of rotatable bonds is 4. The van der Waals surface area contributed by atoms with Crippen LogP contribution in [0.3, 0.4) is 0 Å². The Hall–Kier alpha value is -1.35. The summed E-state index contributed by atoms with van der Waals surface area (Å²) in [6, 6.07) is 2.00. The molecule has 5 heteroatoms. The Morgan fingerprint density at radius 2 is 2.43 bits per heavy atom. The van der Waals surface area contributed by atoms with Gasteiger partial charge in [0, 0.05) is 26.6 Å². The number of ether oxygens (including phenoxy) is 1. The van der Waals surface area contributed by atoms with Gasteiger partial charge in [-0.2, -0.15) is 0 Å². The van der Waals surface area contributed by atoms with E-state index >= 15 is 0 Å². The molecule has 1 aromatic heterocycles. The second kappa shape index (κ2) is 8.18. The van der Waals surface area contributed by atoms with Gasteiger partial charge in [-0.15, -0.1) is 11.3 Å². The maximum Gasteiger partial charge on any atom is 0.251 e. The second-order valence-electron chi connectivity index (χ2n) is 5.14. The number of thiophene rings is 1. The number of aliphatic hydroxyl groups excluding tert-OH is 1. The molecule has 1 unspecified atom stereocenters. The molecule has 0 bridgehead atoms. The number of hydrogen-bond donors (Lipinski definition) is 1. The number of hydrogen-bond acceptors (Lipinski definition) is 4. The first-order valence-electron chi connectivity index (χ1n) is 7.24. The van der Waals surface area contributed by atoms with Gasteiger partial charge in [0.15, 0.2) is 0 Å². The van der Waals surface area contributed by atoms with Gasteiger partial charge in [-0.3, -0.25) is 4.79 Å². The lowest BCUT2D eigenvalue weighted by molar-refractivity contribution is -0.145. The van der Waals surface area contributed by atoms with Crippen molar-refractivity contribution in [1.29, 1.82) is 0 Å². The van der Waals surface area contributed by atoms with Crippen molar-refractivity contribution in [2.24, 2.45) is 0 Å². The molecule has 2 heterocycles. The van der Waals surface area contributed by atoms with Gasteiger partial charge >= 0.3 is 0 Å². The van der Waals surface area contributed by atoms with Crippen LogP contribution in [0.15, 0.2) is 11.4 Å². The summed E-state index contributed by atoms with van der Waals surface area (Å²) < 4.78 is 5.53. The molecule has 4 nitrogen and oxygen atoms in total. The molecule has 114 valence electrons. The Balaban J connectivity index is 1.88. The van der Waals surface area contributed by atoms with Gasteiger partial charge in [0.05, 0.1) is 11.5 Å². The smallest absolute Gasteiger partial charge is 0.251 e. The molecule has 2 rings (SSSR count). The lowest BCUT2D eigenvalue weighted by Crippen LogP contribution is -2.39. The number of carbonyl (C=O) groups is 1. The van der Waals surface area contributed by atoms with Gasteiger partial charge < -0.3 is 14.7 Å². The van der Waals surface area contributed by atoms with Crippen molar-refractivity contribution >= 4 is 17.2 Å².